The van der Waals surface area contributed by atoms with E-state index >= 15 is 0 Å². The van der Waals surface area contributed by atoms with E-state index in [9.17, 15) is 18.0 Å². The summed E-state index contributed by atoms with van der Waals surface area (Å²) in [5.41, 5.74) is 9.18. The van der Waals surface area contributed by atoms with Gasteiger partial charge in [0.25, 0.3) is 0 Å². The van der Waals surface area contributed by atoms with Gasteiger partial charge in [-0.3, -0.25) is 0 Å². The van der Waals surface area contributed by atoms with Crippen LogP contribution in [0.25, 0.3) is 22.2 Å². The van der Waals surface area contributed by atoms with Gasteiger partial charge in [-0.25, -0.2) is 14.5 Å². The van der Waals surface area contributed by atoms with Crippen molar-refractivity contribution in [1.82, 2.24) is 19.7 Å². The first-order valence-corrected chi connectivity index (χ1v) is 12.8. The summed E-state index contributed by atoms with van der Waals surface area (Å²) in [7, 11) is 5.47. The largest absolute Gasteiger partial charge is 0.492 e. The van der Waals surface area contributed by atoms with Crippen LogP contribution in [0.3, 0.4) is 0 Å². The van der Waals surface area contributed by atoms with Crippen molar-refractivity contribution in [3.05, 3.63) is 59.8 Å². The molecular formula is C28H30F3N7O2. The molecule has 1 saturated carbocycles. The molecule has 0 aliphatic heterocycles. The number of ether oxygens (including phenoxy) is 1. The number of carbonyl (C=O) groups excluding carboxylic acids is 1. The number of anilines is 3. The van der Waals surface area contributed by atoms with Crippen molar-refractivity contribution in [3.8, 4) is 16.9 Å². The SMILES string of the molecule is CN(C)CCOc1cc(NC(=O)Nc2ccc(-c3cc(C4CC4)nc4c3c(N)nn4C)cc2)cc(C(F)(F)F)c1. The van der Waals surface area contributed by atoms with Gasteiger partial charge >= 0.3 is 12.2 Å². The molecule has 0 spiro atoms. The molecule has 210 valence electrons. The number of benzene rings is 2. The van der Waals surface area contributed by atoms with E-state index in [-0.39, 0.29) is 18.0 Å². The van der Waals surface area contributed by atoms with Gasteiger partial charge in [0.1, 0.15) is 12.4 Å². The van der Waals surface area contributed by atoms with Gasteiger partial charge in [-0.15, -0.1) is 0 Å². The molecule has 1 aliphatic rings. The van der Waals surface area contributed by atoms with E-state index in [1.165, 1.54) is 6.07 Å². The van der Waals surface area contributed by atoms with E-state index in [1.807, 2.05) is 37.2 Å². The van der Waals surface area contributed by atoms with Crippen molar-refractivity contribution in [1.29, 1.82) is 0 Å². The number of nitrogens with two attached hydrogens (primary N) is 1. The van der Waals surface area contributed by atoms with Crippen molar-refractivity contribution in [2.45, 2.75) is 24.9 Å². The van der Waals surface area contributed by atoms with Crippen LogP contribution < -0.4 is 21.1 Å². The molecule has 0 atom stereocenters. The Morgan fingerprint density at radius 2 is 1.80 bits per heavy atom. The molecule has 2 aromatic heterocycles. The first-order chi connectivity index (χ1) is 19.0. The maximum Gasteiger partial charge on any atom is 0.416 e. The lowest BCUT2D eigenvalue weighted by Gasteiger charge is -2.15. The number of nitrogens with zero attached hydrogens (tertiary/aromatic N) is 4. The molecule has 40 heavy (non-hydrogen) atoms. The molecule has 0 unspecified atom stereocenters. The number of carbonyl (C=O) groups is 1. The van der Waals surface area contributed by atoms with E-state index in [0.717, 1.165) is 47.2 Å². The molecule has 1 fully saturated rings. The van der Waals surface area contributed by atoms with Crippen LogP contribution in [-0.2, 0) is 13.2 Å². The summed E-state index contributed by atoms with van der Waals surface area (Å²) in [4.78, 5) is 19.3. The number of urea groups is 1. The Morgan fingerprint density at radius 1 is 1.10 bits per heavy atom. The molecule has 12 heteroatoms. The summed E-state index contributed by atoms with van der Waals surface area (Å²) in [6.07, 6.45) is -2.41. The van der Waals surface area contributed by atoms with E-state index in [1.54, 1.807) is 23.9 Å². The van der Waals surface area contributed by atoms with Crippen LogP contribution in [0.2, 0.25) is 0 Å². The number of nitrogens with one attached hydrogen (secondary N) is 2. The monoisotopic (exact) mass is 553 g/mol. The summed E-state index contributed by atoms with van der Waals surface area (Å²) in [5.74, 6) is 0.828. The minimum atomic E-state index is -4.60. The summed E-state index contributed by atoms with van der Waals surface area (Å²) < 4.78 is 47.5. The number of aromatic nitrogens is 3. The van der Waals surface area contributed by atoms with Crippen molar-refractivity contribution >= 4 is 34.3 Å². The number of hydrogen-bond donors (Lipinski definition) is 3. The zero-order valence-electron chi connectivity index (χ0n) is 22.3. The van der Waals surface area contributed by atoms with Crippen molar-refractivity contribution < 1.29 is 22.7 Å². The van der Waals surface area contributed by atoms with E-state index in [2.05, 4.69) is 15.7 Å². The van der Waals surface area contributed by atoms with Gasteiger partial charge in [-0.2, -0.15) is 18.3 Å². The van der Waals surface area contributed by atoms with E-state index in [4.69, 9.17) is 15.5 Å². The van der Waals surface area contributed by atoms with Crippen LogP contribution in [0.4, 0.5) is 35.2 Å². The third kappa shape index (κ3) is 6.12. The Kier molecular flexibility index (Phi) is 7.28. The lowest BCUT2D eigenvalue weighted by Crippen LogP contribution is -2.21. The van der Waals surface area contributed by atoms with Gasteiger partial charge in [0.2, 0.25) is 0 Å². The number of fused-ring (bicyclic) bond motifs is 1. The van der Waals surface area contributed by atoms with Crippen molar-refractivity contribution in [3.63, 3.8) is 0 Å². The second-order valence-electron chi connectivity index (χ2n) is 10.1. The predicted molar refractivity (Wildman–Crippen MR) is 148 cm³/mol. The molecule has 2 heterocycles. The molecule has 0 radical (unpaired) electrons. The predicted octanol–water partition coefficient (Wildman–Crippen LogP) is 5.70. The summed E-state index contributed by atoms with van der Waals surface area (Å²) in [6, 6.07) is 11.6. The number of likely N-dealkylation sites (N-methyl/N-ethyl adjacent to an activating group) is 1. The number of pyridine rings is 1. The number of aryl methyl sites for hydroxylation is 1. The highest BCUT2D eigenvalue weighted by atomic mass is 19.4. The molecule has 2 amide bonds. The number of hydrogen-bond acceptors (Lipinski definition) is 6. The molecule has 0 bridgehead atoms. The van der Waals surface area contributed by atoms with Crippen LogP contribution in [-0.4, -0.2) is 52.9 Å². The first kappa shape index (κ1) is 27.3. The second-order valence-corrected chi connectivity index (χ2v) is 10.1. The fraction of sp³-hybridized carbons (Fsp3) is 0.321. The van der Waals surface area contributed by atoms with Gasteiger partial charge in [0.15, 0.2) is 11.5 Å². The van der Waals surface area contributed by atoms with E-state index in [0.29, 0.717) is 29.6 Å². The molecule has 5 rings (SSSR count). The average molecular weight is 554 g/mol. The number of nitrogen functional groups attached to an aromatic ring is 1. The van der Waals surface area contributed by atoms with E-state index < -0.39 is 17.8 Å². The number of halogens is 3. The van der Waals surface area contributed by atoms with Gasteiger partial charge < -0.3 is 26.0 Å². The summed E-state index contributed by atoms with van der Waals surface area (Å²) >= 11 is 0. The lowest BCUT2D eigenvalue weighted by atomic mass is 10.0. The quantitative estimate of drug-likeness (QED) is 0.258. The zero-order valence-corrected chi connectivity index (χ0v) is 22.3. The Balaban J connectivity index is 1.33. The van der Waals surface area contributed by atoms with Crippen LogP contribution in [0, 0.1) is 0 Å². The molecule has 2 aromatic carbocycles. The minimum absolute atomic E-state index is 0.0141. The highest BCUT2D eigenvalue weighted by molar-refractivity contribution is 6.02. The van der Waals surface area contributed by atoms with Crippen molar-refractivity contribution in [2.24, 2.45) is 7.05 Å². The fourth-order valence-electron chi connectivity index (χ4n) is 4.40. The Morgan fingerprint density at radius 3 is 2.45 bits per heavy atom. The lowest BCUT2D eigenvalue weighted by molar-refractivity contribution is -0.137. The molecular weight excluding hydrogens is 523 g/mol. The highest BCUT2D eigenvalue weighted by Crippen LogP contribution is 2.42. The van der Waals surface area contributed by atoms with Gasteiger partial charge in [0, 0.05) is 42.6 Å². The van der Waals surface area contributed by atoms with Crippen molar-refractivity contribution in [2.75, 3.05) is 43.6 Å². The first-order valence-electron chi connectivity index (χ1n) is 12.8. The third-order valence-electron chi connectivity index (χ3n) is 6.59. The van der Waals surface area contributed by atoms with Gasteiger partial charge in [-0.05, 0) is 68.4 Å². The average Bonchev–Trinajstić information content (AvgIpc) is 3.69. The smallest absolute Gasteiger partial charge is 0.416 e. The molecule has 4 aromatic rings. The fourth-order valence-corrected chi connectivity index (χ4v) is 4.40. The zero-order chi connectivity index (χ0) is 28.6. The third-order valence-corrected chi connectivity index (χ3v) is 6.59. The second kappa shape index (κ2) is 10.7. The van der Waals surface area contributed by atoms with Gasteiger partial charge in [-0.1, -0.05) is 12.1 Å². The summed E-state index contributed by atoms with van der Waals surface area (Å²) in [5, 5.41) is 10.2. The van der Waals surface area contributed by atoms with Gasteiger partial charge in [0.05, 0.1) is 10.9 Å². The number of amides is 2. The molecule has 9 nitrogen and oxygen atoms in total. The van der Waals surface area contributed by atoms with Crippen LogP contribution in [0.1, 0.15) is 30.0 Å². The highest BCUT2D eigenvalue weighted by Gasteiger charge is 2.32. The minimum Gasteiger partial charge on any atom is -0.492 e. The normalized spacial score (nSPS) is 13.6. The molecule has 1 aliphatic carbocycles. The standard InChI is InChI=1S/C28H30F3N7O2/c1-37(2)10-11-40-21-13-18(28(29,30)31)12-20(14-21)34-27(39)33-19-8-6-16(7-9-19)22-15-23(17-4-5-17)35-26-24(22)25(32)36-38(26)3/h6-9,12-15,17H,4-5,10-11H2,1-3H3,(H2,32,36)(H2,33,34,39). The van der Waals surface area contributed by atoms with Crippen LogP contribution >= 0.6 is 0 Å². The Hall–Kier alpha value is -4.32. The molecule has 0 saturated heterocycles. The van der Waals surface area contributed by atoms with Crippen LogP contribution in [0.15, 0.2) is 48.5 Å². The Labute approximate surface area is 229 Å². The Bertz CT molecular complexity index is 1540. The topological polar surface area (TPSA) is 110 Å². The maximum atomic E-state index is 13.4. The number of alkyl halides is 3. The maximum absolute atomic E-state index is 13.4. The summed E-state index contributed by atoms with van der Waals surface area (Å²) in [6.45, 7) is 0.721. The van der Waals surface area contributed by atoms with Crippen LogP contribution in [0.5, 0.6) is 5.75 Å². The molecule has 4 N–H and O–H groups in total. The number of rotatable bonds is 8.